The third-order valence-corrected chi connectivity index (χ3v) is 5.81. The zero-order valence-corrected chi connectivity index (χ0v) is 13.8. The molecule has 0 spiro atoms. The fraction of sp³-hybridized carbons (Fsp3) is 0.692. The highest BCUT2D eigenvalue weighted by Crippen LogP contribution is 2.38. The first kappa shape index (κ1) is 15.3. The van der Waals surface area contributed by atoms with Crippen molar-refractivity contribution in [3.05, 3.63) is 11.2 Å². The van der Waals surface area contributed by atoms with Gasteiger partial charge in [-0.15, -0.1) is 0 Å². The summed E-state index contributed by atoms with van der Waals surface area (Å²) < 4.78 is 0.356. The molecule has 1 aromatic heterocycles. The summed E-state index contributed by atoms with van der Waals surface area (Å²) in [5.41, 5.74) is 0. The maximum atomic E-state index is 6.01. The minimum Gasteiger partial charge on any atom is -0.368 e. The van der Waals surface area contributed by atoms with Crippen molar-refractivity contribution in [2.45, 2.75) is 42.0 Å². The summed E-state index contributed by atoms with van der Waals surface area (Å²) in [6.45, 7) is 0.954. The fourth-order valence-corrected chi connectivity index (χ4v) is 4.01. The SMILES string of the molecule is CSc1nc(Cl)cc(NCC2(SC)CCCCC2)n1. The van der Waals surface area contributed by atoms with Gasteiger partial charge in [-0.25, -0.2) is 9.97 Å². The maximum Gasteiger partial charge on any atom is 0.190 e. The van der Waals surface area contributed by atoms with E-state index in [1.54, 1.807) is 6.07 Å². The zero-order chi connectivity index (χ0) is 13.7. The molecule has 1 heterocycles. The minimum absolute atomic E-state index is 0.356. The molecule has 0 aliphatic heterocycles. The van der Waals surface area contributed by atoms with Gasteiger partial charge in [-0.2, -0.15) is 11.8 Å². The lowest BCUT2D eigenvalue weighted by Crippen LogP contribution is -2.35. The van der Waals surface area contributed by atoms with Gasteiger partial charge in [0.15, 0.2) is 5.16 Å². The van der Waals surface area contributed by atoms with Crippen molar-refractivity contribution in [3.8, 4) is 0 Å². The Balaban J connectivity index is 2.02. The molecule has 1 aliphatic rings. The number of halogens is 1. The van der Waals surface area contributed by atoms with Crippen LogP contribution in [0.1, 0.15) is 32.1 Å². The van der Waals surface area contributed by atoms with Crippen molar-refractivity contribution < 1.29 is 0 Å². The molecule has 0 bridgehead atoms. The predicted molar refractivity (Wildman–Crippen MR) is 86.6 cm³/mol. The molecule has 6 heteroatoms. The van der Waals surface area contributed by atoms with Crippen LogP contribution in [0.25, 0.3) is 0 Å². The average molecular weight is 318 g/mol. The molecule has 1 fully saturated rings. The van der Waals surface area contributed by atoms with E-state index in [0.717, 1.165) is 17.5 Å². The molecular weight excluding hydrogens is 298 g/mol. The first-order valence-electron chi connectivity index (χ1n) is 6.55. The fourth-order valence-electron chi connectivity index (χ4n) is 2.48. The molecule has 2 rings (SSSR count). The summed E-state index contributed by atoms with van der Waals surface area (Å²) >= 11 is 9.50. The Hall–Kier alpha value is -0.130. The van der Waals surface area contributed by atoms with Gasteiger partial charge in [0.2, 0.25) is 0 Å². The molecule has 0 saturated heterocycles. The quantitative estimate of drug-likeness (QED) is 0.497. The molecule has 0 unspecified atom stereocenters. The Kier molecular flexibility index (Phi) is 5.66. The third-order valence-electron chi connectivity index (χ3n) is 3.65. The lowest BCUT2D eigenvalue weighted by molar-refractivity contribution is 0.411. The summed E-state index contributed by atoms with van der Waals surface area (Å²) in [4.78, 5) is 8.61. The molecule has 1 saturated carbocycles. The molecule has 0 amide bonds. The van der Waals surface area contributed by atoms with Crippen LogP contribution in [0.3, 0.4) is 0 Å². The molecule has 1 aromatic rings. The van der Waals surface area contributed by atoms with E-state index in [9.17, 15) is 0 Å². The van der Waals surface area contributed by atoms with Crippen LogP contribution in [0.2, 0.25) is 5.15 Å². The second-order valence-corrected chi connectivity index (χ2v) is 7.30. The van der Waals surface area contributed by atoms with E-state index in [-0.39, 0.29) is 0 Å². The largest absolute Gasteiger partial charge is 0.368 e. The molecule has 106 valence electrons. The summed E-state index contributed by atoms with van der Waals surface area (Å²) in [6, 6.07) is 1.80. The zero-order valence-electron chi connectivity index (χ0n) is 11.4. The van der Waals surface area contributed by atoms with Gasteiger partial charge in [-0.1, -0.05) is 42.6 Å². The monoisotopic (exact) mass is 317 g/mol. The van der Waals surface area contributed by atoms with E-state index in [1.165, 1.54) is 43.9 Å². The number of thioether (sulfide) groups is 2. The number of aromatic nitrogens is 2. The van der Waals surface area contributed by atoms with Crippen molar-refractivity contribution in [1.29, 1.82) is 0 Å². The van der Waals surface area contributed by atoms with Crippen LogP contribution in [0, 0.1) is 0 Å². The summed E-state index contributed by atoms with van der Waals surface area (Å²) in [6.07, 6.45) is 10.8. The molecule has 1 N–H and O–H groups in total. The van der Waals surface area contributed by atoms with E-state index >= 15 is 0 Å². The minimum atomic E-state index is 0.356. The van der Waals surface area contributed by atoms with Crippen LogP contribution in [-0.2, 0) is 0 Å². The van der Waals surface area contributed by atoms with E-state index in [2.05, 4.69) is 21.5 Å². The topological polar surface area (TPSA) is 37.8 Å². The highest BCUT2D eigenvalue weighted by molar-refractivity contribution is 8.00. The molecule has 3 nitrogen and oxygen atoms in total. The van der Waals surface area contributed by atoms with E-state index in [0.29, 0.717) is 9.90 Å². The van der Waals surface area contributed by atoms with Crippen LogP contribution in [0.15, 0.2) is 11.2 Å². The van der Waals surface area contributed by atoms with E-state index in [1.807, 2.05) is 18.0 Å². The molecule has 1 aliphatic carbocycles. The lowest BCUT2D eigenvalue weighted by atomic mass is 9.88. The van der Waals surface area contributed by atoms with Crippen molar-refractivity contribution in [3.63, 3.8) is 0 Å². The maximum absolute atomic E-state index is 6.01. The number of hydrogen-bond acceptors (Lipinski definition) is 5. The third kappa shape index (κ3) is 4.17. The molecular formula is C13H20ClN3S2. The highest BCUT2D eigenvalue weighted by atomic mass is 35.5. The predicted octanol–water partition coefficient (Wildman–Crippen LogP) is 4.33. The van der Waals surface area contributed by atoms with Crippen LogP contribution >= 0.6 is 35.1 Å². The summed E-state index contributed by atoms with van der Waals surface area (Å²) in [5, 5.41) is 4.67. The van der Waals surface area contributed by atoms with E-state index in [4.69, 9.17) is 11.6 Å². The number of nitrogens with one attached hydrogen (secondary N) is 1. The normalized spacial score (nSPS) is 18.3. The highest BCUT2D eigenvalue weighted by Gasteiger charge is 2.30. The first-order valence-corrected chi connectivity index (χ1v) is 9.38. The van der Waals surface area contributed by atoms with Crippen LogP contribution in [0.4, 0.5) is 5.82 Å². The molecule has 19 heavy (non-hydrogen) atoms. The summed E-state index contributed by atoms with van der Waals surface area (Å²) in [7, 11) is 0. The standard InChI is InChI=1S/C13H20ClN3S2/c1-18-12-16-10(14)8-11(17-12)15-9-13(19-2)6-4-3-5-7-13/h8H,3-7,9H2,1-2H3,(H,15,16,17). The second-order valence-electron chi connectivity index (χ2n) is 4.86. The van der Waals surface area contributed by atoms with Crippen LogP contribution in [0.5, 0.6) is 0 Å². The molecule has 0 atom stereocenters. The summed E-state index contributed by atoms with van der Waals surface area (Å²) in [5.74, 6) is 0.836. The van der Waals surface area contributed by atoms with E-state index < -0.39 is 0 Å². The Bertz CT molecular complexity index is 422. The van der Waals surface area contributed by atoms with Gasteiger partial charge in [0.25, 0.3) is 0 Å². The van der Waals surface area contributed by atoms with Crippen molar-refractivity contribution >= 4 is 40.9 Å². The van der Waals surface area contributed by atoms with Gasteiger partial charge in [0.05, 0.1) is 0 Å². The van der Waals surface area contributed by atoms with Crippen molar-refractivity contribution in [2.75, 3.05) is 24.4 Å². The van der Waals surface area contributed by atoms with Gasteiger partial charge in [-0.05, 0) is 25.4 Å². The van der Waals surface area contributed by atoms with Crippen molar-refractivity contribution in [1.82, 2.24) is 9.97 Å². The average Bonchev–Trinajstić information content (AvgIpc) is 2.45. The Morgan fingerprint density at radius 3 is 2.63 bits per heavy atom. The van der Waals surface area contributed by atoms with Gasteiger partial charge in [0, 0.05) is 17.4 Å². The smallest absolute Gasteiger partial charge is 0.190 e. The van der Waals surface area contributed by atoms with Gasteiger partial charge in [0.1, 0.15) is 11.0 Å². The molecule has 0 aromatic carbocycles. The number of nitrogens with zero attached hydrogens (tertiary/aromatic N) is 2. The van der Waals surface area contributed by atoms with Crippen LogP contribution in [-0.4, -0.2) is 33.8 Å². The molecule has 0 radical (unpaired) electrons. The Morgan fingerprint density at radius 2 is 2.00 bits per heavy atom. The van der Waals surface area contributed by atoms with Crippen LogP contribution < -0.4 is 5.32 Å². The second kappa shape index (κ2) is 7.04. The van der Waals surface area contributed by atoms with Gasteiger partial charge in [-0.3, -0.25) is 0 Å². The first-order chi connectivity index (χ1) is 9.17. The number of rotatable bonds is 5. The number of hydrogen-bond donors (Lipinski definition) is 1. The van der Waals surface area contributed by atoms with Crippen molar-refractivity contribution in [2.24, 2.45) is 0 Å². The Morgan fingerprint density at radius 1 is 1.26 bits per heavy atom. The van der Waals surface area contributed by atoms with Gasteiger partial charge >= 0.3 is 0 Å². The van der Waals surface area contributed by atoms with Gasteiger partial charge < -0.3 is 5.32 Å². The number of anilines is 1. The lowest BCUT2D eigenvalue weighted by Gasteiger charge is -2.36. The Labute approximate surface area is 128 Å².